The lowest BCUT2D eigenvalue weighted by Gasteiger charge is -2.12. The predicted octanol–water partition coefficient (Wildman–Crippen LogP) is 6.99. The number of nitrogens with one attached hydrogen (secondary N) is 1. The summed E-state index contributed by atoms with van der Waals surface area (Å²) in [6, 6.07) is 28.9. The Kier molecular flexibility index (Phi) is 7.29. The maximum Gasteiger partial charge on any atom is 0.169 e. The van der Waals surface area contributed by atoms with Crippen LogP contribution in [-0.4, -0.2) is 25.7 Å². The lowest BCUT2D eigenvalue weighted by atomic mass is 9.98. The number of thiocarbonyl (C=S) groups is 1. The monoisotopic (exact) mass is 584 g/mol. The van der Waals surface area contributed by atoms with Gasteiger partial charge in [-0.25, -0.2) is 4.52 Å². The van der Waals surface area contributed by atoms with E-state index < -0.39 is 0 Å². The normalized spacial score (nSPS) is 12.9. The molecule has 1 aliphatic rings. The number of nitrogens with zero attached hydrogens (tertiary/aromatic N) is 3. The molecule has 5 aromatic rings. The average molecular weight is 586 g/mol. The van der Waals surface area contributed by atoms with E-state index in [-0.39, 0.29) is 0 Å². The second-order valence-electron chi connectivity index (χ2n) is 9.56. The van der Waals surface area contributed by atoms with Gasteiger partial charge in [0.15, 0.2) is 5.82 Å². The molecule has 0 bridgehead atoms. The Hall–Kier alpha value is -3.42. The van der Waals surface area contributed by atoms with Gasteiger partial charge in [0.05, 0.1) is 0 Å². The Morgan fingerprint density at radius 2 is 1.68 bits per heavy atom. The first-order valence-corrected chi connectivity index (χ1v) is 14.3. The van der Waals surface area contributed by atoms with Gasteiger partial charge in [-0.2, -0.15) is 0 Å². The van der Waals surface area contributed by atoms with E-state index in [1.807, 2.05) is 36.4 Å². The third-order valence-electron chi connectivity index (χ3n) is 7.06. The molecule has 1 aliphatic heterocycles. The number of benzene rings is 3. The molecule has 5 nitrogen and oxygen atoms in total. The fraction of sp³-hybridized carbons (Fsp3) is 0.226. The molecule has 0 unspecified atom stereocenters. The number of para-hydroxylation sites is 1. The van der Waals surface area contributed by atoms with Crippen molar-refractivity contribution in [1.82, 2.24) is 19.5 Å². The molecule has 0 saturated carbocycles. The summed E-state index contributed by atoms with van der Waals surface area (Å²) in [6.07, 6.45) is 4.12. The highest BCUT2D eigenvalue weighted by Crippen LogP contribution is 2.37. The number of rotatable bonds is 8. The van der Waals surface area contributed by atoms with Gasteiger partial charge < -0.3 is 14.6 Å². The Morgan fingerprint density at radius 1 is 0.947 bits per heavy atom. The molecule has 0 amide bonds. The fourth-order valence-electron chi connectivity index (χ4n) is 5.26. The number of hydrogen-bond acceptors (Lipinski definition) is 3. The minimum atomic E-state index is 0.409. The van der Waals surface area contributed by atoms with E-state index in [0.29, 0.717) is 6.61 Å². The topological polar surface area (TPSA) is 43.5 Å². The second-order valence-corrected chi connectivity index (χ2v) is 10.9. The van der Waals surface area contributed by atoms with Gasteiger partial charge in [0.1, 0.15) is 28.7 Å². The summed E-state index contributed by atoms with van der Waals surface area (Å²) in [5.74, 6) is 1.76. The van der Waals surface area contributed by atoms with Gasteiger partial charge in [-0.1, -0.05) is 88.8 Å². The molecule has 7 heteroatoms. The summed E-state index contributed by atoms with van der Waals surface area (Å²) < 4.78 is 11.6. The smallest absolute Gasteiger partial charge is 0.169 e. The van der Waals surface area contributed by atoms with E-state index in [9.17, 15) is 0 Å². The van der Waals surface area contributed by atoms with E-state index >= 15 is 0 Å². The van der Waals surface area contributed by atoms with Crippen LogP contribution in [0.3, 0.4) is 0 Å². The van der Waals surface area contributed by atoms with Gasteiger partial charge >= 0.3 is 0 Å². The van der Waals surface area contributed by atoms with Crippen LogP contribution >= 0.6 is 28.1 Å². The molecule has 1 N–H and O–H groups in total. The van der Waals surface area contributed by atoms with Crippen molar-refractivity contribution in [3.63, 3.8) is 0 Å². The van der Waals surface area contributed by atoms with Gasteiger partial charge in [0.25, 0.3) is 0 Å². The van der Waals surface area contributed by atoms with Crippen molar-refractivity contribution < 1.29 is 4.74 Å². The van der Waals surface area contributed by atoms with Crippen molar-refractivity contribution in [3.05, 3.63) is 112 Å². The fourth-order valence-corrected chi connectivity index (χ4v) is 5.82. The zero-order valence-electron chi connectivity index (χ0n) is 21.1. The van der Waals surface area contributed by atoms with E-state index in [1.165, 1.54) is 16.7 Å². The van der Waals surface area contributed by atoms with Crippen molar-refractivity contribution in [1.29, 1.82) is 0 Å². The van der Waals surface area contributed by atoms with Crippen molar-refractivity contribution in [3.8, 4) is 16.9 Å². The number of aromatic nitrogens is 3. The first-order chi connectivity index (χ1) is 18.7. The molecule has 3 heterocycles. The zero-order chi connectivity index (χ0) is 25.9. The van der Waals surface area contributed by atoms with Gasteiger partial charge in [0.2, 0.25) is 0 Å². The Balaban J connectivity index is 1.41. The highest BCUT2D eigenvalue weighted by molar-refractivity contribution is 9.10. The van der Waals surface area contributed by atoms with Crippen LogP contribution in [0.4, 0.5) is 0 Å². The second kappa shape index (κ2) is 11.1. The predicted molar refractivity (Wildman–Crippen MR) is 160 cm³/mol. The summed E-state index contributed by atoms with van der Waals surface area (Å²) in [5.41, 5.74) is 7.03. The zero-order valence-corrected chi connectivity index (χ0v) is 23.5. The Labute approximate surface area is 236 Å². The largest absolute Gasteiger partial charge is 0.486 e. The average Bonchev–Trinajstić information content (AvgIpc) is 3.35. The number of ether oxygens (including phenoxy) is 1. The quantitative estimate of drug-likeness (QED) is 0.200. The Bertz CT molecular complexity index is 1560. The van der Waals surface area contributed by atoms with Gasteiger partial charge in [-0.15, -0.1) is 5.10 Å². The van der Waals surface area contributed by atoms with Gasteiger partial charge in [-0.05, 0) is 61.1 Å². The van der Waals surface area contributed by atoms with E-state index in [2.05, 4.69) is 78.9 Å². The highest BCUT2D eigenvalue weighted by Gasteiger charge is 2.29. The molecule has 3 aromatic carbocycles. The summed E-state index contributed by atoms with van der Waals surface area (Å²) in [5, 5.41) is 8.65. The molecule has 0 saturated heterocycles. The number of hydrogen-bond donors (Lipinski definition) is 1. The summed E-state index contributed by atoms with van der Waals surface area (Å²) >= 11 is 9.66. The van der Waals surface area contributed by atoms with Gasteiger partial charge in [0, 0.05) is 28.7 Å². The van der Waals surface area contributed by atoms with Crippen LogP contribution in [0.5, 0.6) is 5.75 Å². The molecule has 0 fully saturated rings. The minimum Gasteiger partial charge on any atom is -0.486 e. The molecular weight excluding hydrogens is 556 g/mol. The van der Waals surface area contributed by atoms with Crippen molar-refractivity contribution in [2.24, 2.45) is 0 Å². The summed E-state index contributed by atoms with van der Waals surface area (Å²) in [6.45, 7) is 2.09. The van der Waals surface area contributed by atoms with Gasteiger partial charge in [-0.3, -0.25) is 0 Å². The lowest BCUT2D eigenvalue weighted by Crippen LogP contribution is -2.26. The lowest BCUT2D eigenvalue weighted by molar-refractivity contribution is 0.288. The number of halogens is 1. The molecule has 0 aliphatic carbocycles. The molecule has 38 heavy (non-hydrogen) atoms. The summed E-state index contributed by atoms with van der Waals surface area (Å²) in [4.78, 5) is 0.723. The van der Waals surface area contributed by atoms with E-state index in [0.717, 1.165) is 76.7 Å². The molecular formula is C31H29BrN4OS. The third-order valence-corrected chi connectivity index (χ3v) is 7.93. The molecule has 0 radical (unpaired) electrons. The number of aryl methyl sites for hydroxylation is 2. The van der Waals surface area contributed by atoms with Crippen LogP contribution in [0.25, 0.3) is 16.8 Å². The molecule has 2 aromatic heterocycles. The first-order valence-electron chi connectivity index (χ1n) is 13.1. The standard InChI is InChI=1S/C31H29BrN4OS/c32-24-16-14-23(15-17-24)28-26-13-7-8-20-35-27(21-37-25-11-5-2-6-12-25)34-36(31(26)35)29(28)30(38)33-19-18-22-9-3-1-4-10-22/h1-6,9-12,14-17H,7-8,13,18-21H2,(H,33,38). The maximum atomic E-state index is 6.13. The Morgan fingerprint density at radius 3 is 2.45 bits per heavy atom. The van der Waals surface area contributed by atoms with E-state index in [1.54, 1.807) is 0 Å². The van der Waals surface area contributed by atoms with Crippen molar-refractivity contribution in [2.45, 2.75) is 38.8 Å². The van der Waals surface area contributed by atoms with E-state index in [4.69, 9.17) is 22.1 Å². The van der Waals surface area contributed by atoms with Crippen LogP contribution in [0.2, 0.25) is 0 Å². The molecule has 192 valence electrons. The van der Waals surface area contributed by atoms with Crippen LogP contribution in [-0.2, 0) is 26.0 Å². The third kappa shape index (κ3) is 5.00. The molecule has 0 atom stereocenters. The van der Waals surface area contributed by atoms with Crippen molar-refractivity contribution >= 4 is 38.8 Å². The van der Waals surface area contributed by atoms with Crippen LogP contribution in [0, 0.1) is 0 Å². The molecule has 0 spiro atoms. The first kappa shape index (κ1) is 24.9. The highest BCUT2D eigenvalue weighted by atomic mass is 79.9. The molecule has 6 rings (SSSR count). The SMILES string of the molecule is S=C(NCCc1ccccc1)c1c(-c2ccc(Br)cc2)c2c3n(c(COc4ccccc4)nn13)CCCC2. The maximum absolute atomic E-state index is 6.13. The van der Waals surface area contributed by atoms with Crippen LogP contribution in [0.1, 0.15) is 35.5 Å². The minimum absolute atomic E-state index is 0.409. The summed E-state index contributed by atoms with van der Waals surface area (Å²) in [7, 11) is 0. The van der Waals surface area contributed by atoms with Crippen LogP contribution < -0.4 is 10.1 Å². The van der Waals surface area contributed by atoms with Crippen LogP contribution in [0.15, 0.2) is 89.4 Å². The van der Waals surface area contributed by atoms with Crippen molar-refractivity contribution in [2.75, 3.05) is 6.54 Å².